The van der Waals surface area contributed by atoms with Crippen LogP contribution in [0.1, 0.15) is 53.4 Å². The summed E-state index contributed by atoms with van der Waals surface area (Å²) in [7, 11) is 0. The summed E-state index contributed by atoms with van der Waals surface area (Å²) >= 11 is 3.98. The number of anilines is 2. The molecule has 0 radical (unpaired) electrons. The number of hydrogen-bond donors (Lipinski definition) is 0. The highest BCUT2D eigenvalue weighted by atomic mass is 32.2. The average molecular weight is 844 g/mol. The van der Waals surface area contributed by atoms with Gasteiger partial charge in [-0.2, -0.15) is 0 Å². The molecule has 2 heterocycles. The molecule has 0 saturated heterocycles. The van der Waals surface area contributed by atoms with Gasteiger partial charge in [-0.1, -0.05) is 188 Å². The fourth-order valence-corrected chi connectivity index (χ4v) is 13.2. The van der Waals surface area contributed by atoms with E-state index in [1.165, 1.54) is 92.1 Å². The van der Waals surface area contributed by atoms with Gasteiger partial charge in [0.2, 0.25) is 0 Å². The molecule has 3 aliphatic carbocycles. The van der Waals surface area contributed by atoms with E-state index in [-0.39, 0.29) is 5.92 Å². The van der Waals surface area contributed by atoms with Crippen molar-refractivity contribution in [3.63, 3.8) is 0 Å². The molecule has 0 amide bonds. The molecule has 1 aromatic heterocycles. The van der Waals surface area contributed by atoms with Gasteiger partial charge in [-0.25, -0.2) is 0 Å². The van der Waals surface area contributed by atoms with Crippen molar-refractivity contribution in [2.24, 2.45) is 0 Å². The zero-order chi connectivity index (χ0) is 41.7. The third kappa shape index (κ3) is 6.88. The van der Waals surface area contributed by atoms with E-state index >= 15 is 0 Å². The topological polar surface area (TPSA) is 3.24 Å². The summed E-state index contributed by atoms with van der Waals surface area (Å²) in [6.07, 6.45) is 24.1. The van der Waals surface area contributed by atoms with Crippen LogP contribution in [0, 0.1) is 0 Å². The lowest BCUT2D eigenvalue weighted by atomic mass is 9.84. The van der Waals surface area contributed by atoms with Crippen molar-refractivity contribution in [3.8, 4) is 22.3 Å². The largest absolute Gasteiger partial charge is 0.311 e. The van der Waals surface area contributed by atoms with Crippen molar-refractivity contribution in [3.05, 3.63) is 246 Å². The minimum absolute atomic E-state index is 0.289. The standard InChI is InChI=1S/C60H45NS2/c1-4-14-40(15-5-1)41-28-34-46(35-29-41)61(47-36-30-44(31-37-47)51-22-12-26-55-53-24-10-20-49(57(53)62-59(51)55)42-16-6-2-7-17-42)48-38-32-45(33-39-48)52-23-13-27-56-54-25-11-21-50(58(54)63-60(52)56)43-18-8-3-9-19-43/h1-4,6-14,16-32,34-39,45,53,57H,5,15,33H2. The third-order valence-electron chi connectivity index (χ3n) is 13.3. The van der Waals surface area contributed by atoms with Crippen molar-refractivity contribution in [1.29, 1.82) is 0 Å². The van der Waals surface area contributed by atoms with Gasteiger partial charge >= 0.3 is 0 Å². The van der Waals surface area contributed by atoms with Gasteiger partial charge in [0.05, 0.1) is 0 Å². The Hall–Kier alpha value is -6.65. The molecular formula is C60H45NS2. The van der Waals surface area contributed by atoms with Gasteiger partial charge in [-0.3, -0.25) is 0 Å². The summed E-state index contributed by atoms with van der Waals surface area (Å²) < 4.78 is 2.76. The number of rotatable bonds is 8. The minimum atomic E-state index is 0.289. The number of allylic oxidation sites excluding steroid dienone is 10. The molecule has 0 bridgehead atoms. The summed E-state index contributed by atoms with van der Waals surface area (Å²) in [4.78, 5) is 3.85. The van der Waals surface area contributed by atoms with Crippen LogP contribution in [0.15, 0.2) is 229 Å². The van der Waals surface area contributed by atoms with E-state index in [0.717, 1.165) is 24.9 Å². The highest BCUT2D eigenvalue weighted by Gasteiger charge is 2.37. The summed E-state index contributed by atoms with van der Waals surface area (Å²) in [6, 6.07) is 60.8. The lowest BCUT2D eigenvalue weighted by Crippen LogP contribution is -2.17. The third-order valence-corrected chi connectivity index (χ3v) is 16.1. The zero-order valence-electron chi connectivity index (χ0n) is 34.9. The van der Waals surface area contributed by atoms with Gasteiger partial charge < -0.3 is 4.90 Å². The number of hydrogen-bond acceptors (Lipinski definition) is 3. The van der Waals surface area contributed by atoms with E-state index in [1.54, 1.807) is 0 Å². The van der Waals surface area contributed by atoms with Crippen molar-refractivity contribution in [2.75, 3.05) is 4.90 Å². The molecule has 63 heavy (non-hydrogen) atoms. The van der Waals surface area contributed by atoms with Crippen LogP contribution >= 0.6 is 23.1 Å². The molecule has 1 nitrogen and oxygen atoms in total. The Balaban J connectivity index is 0.877. The fraction of sp³-hybridized carbons (Fsp3) is 0.100. The predicted octanol–water partition coefficient (Wildman–Crippen LogP) is 17.1. The van der Waals surface area contributed by atoms with E-state index in [2.05, 4.69) is 223 Å². The van der Waals surface area contributed by atoms with Crippen LogP contribution in [0.4, 0.5) is 11.4 Å². The SMILES string of the molecule is C1=CCCC(c2ccc(N(C3=CCC(c4cccc5c4sc4c(-c6ccccc6)cccc45)C=C3)c3ccc(-c4cccc5c4SC4C(c6ccccc6)=CC=CC54)cc3)cc2)=C1. The van der Waals surface area contributed by atoms with Gasteiger partial charge in [0, 0.05) is 59.2 Å². The summed E-state index contributed by atoms with van der Waals surface area (Å²) in [5.41, 5.74) is 17.0. The molecule has 1 aliphatic heterocycles. The maximum absolute atomic E-state index is 2.45. The molecule has 0 spiro atoms. The van der Waals surface area contributed by atoms with E-state index in [4.69, 9.17) is 0 Å². The van der Waals surface area contributed by atoms with Gasteiger partial charge in [0.15, 0.2) is 0 Å². The highest BCUT2D eigenvalue weighted by Crippen LogP contribution is 2.55. The average Bonchev–Trinajstić information content (AvgIpc) is 3.95. The van der Waals surface area contributed by atoms with Crippen LogP contribution in [-0.4, -0.2) is 5.25 Å². The van der Waals surface area contributed by atoms with Crippen LogP contribution in [0.2, 0.25) is 0 Å². The molecule has 12 rings (SSSR count). The molecule has 0 N–H and O–H groups in total. The molecule has 3 atom stereocenters. The molecule has 7 aromatic carbocycles. The number of nitrogens with zero attached hydrogens (tertiary/aromatic N) is 1. The van der Waals surface area contributed by atoms with Crippen LogP contribution in [-0.2, 0) is 0 Å². The van der Waals surface area contributed by atoms with E-state index in [9.17, 15) is 0 Å². The normalized spacial score (nSPS) is 18.8. The number of thioether (sulfide) groups is 1. The Kier molecular flexibility index (Phi) is 9.81. The maximum atomic E-state index is 2.45. The predicted molar refractivity (Wildman–Crippen MR) is 272 cm³/mol. The number of fused-ring (bicyclic) bond motifs is 6. The second-order valence-corrected chi connectivity index (χ2v) is 19.1. The summed E-state index contributed by atoms with van der Waals surface area (Å²) in [5.74, 6) is 0.659. The van der Waals surface area contributed by atoms with Crippen LogP contribution in [0.25, 0.3) is 53.6 Å². The fourth-order valence-electron chi connectivity index (χ4n) is 10.2. The van der Waals surface area contributed by atoms with Crippen molar-refractivity contribution in [1.82, 2.24) is 0 Å². The smallest absolute Gasteiger partial charge is 0.0461 e. The first-order chi connectivity index (χ1) is 31.2. The Morgan fingerprint density at radius 1 is 0.524 bits per heavy atom. The van der Waals surface area contributed by atoms with Gasteiger partial charge in [-0.15, -0.1) is 23.1 Å². The van der Waals surface area contributed by atoms with Crippen molar-refractivity contribution >= 4 is 65.8 Å². The molecule has 302 valence electrons. The molecule has 8 aromatic rings. The van der Waals surface area contributed by atoms with Gasteiger partial charge in [0.25, 0.3) is 0 Å². The Morgan fingerprint density at radius 2 is 1.19 bits per heavy atom. The summed E-state index contributed by atoms with van der Waals surface area (Å²) in [6.45, 7) is 0. The van der Waals surface area contributed by atoms with Crippen LogP contribution < -0.4 is 4.90 Å². The second kappa shape index (κ2) is 16.2. The van der Waals surface area contributed by atoms with Gasteiger partial charge in [-0.05, 0) is 105 Å². The first-order valence-corrected chi connectivity index (χ1v) is 23.9. The lowest BCUT2D eigenvalue weighted by Gasteiger charge is -2.29. The maximum Gasteiger partial charge on any atom is 0.0461 e. The quantitative estimate of drug-likeness (QED) is 0.150. The molecule has 3 unspecified atom stereocenters. The van der Waals surface area contributed by atoms with Crippen LogP contribution in [0.3, 0.4) is 0 Å². The highest BCUT2D eigenvalue weighted by molar-refractivity contribution is 8.01. The molecular weight excluding hydrogens is 799 g/mol. The Bertz CT molecular complexity index is 3210. The van der Waals surface area contributed by atoms with E-state index in [0.29, 0.717) is 11.2 Å². The zero-order valence-corrected chi connectivity index (χ0v) is 36.5. The van der Waals surface area contributed by atoms with Crippen molar-refractivity contribution in [2.45, 2.75) is 41.2 Å². The molecule has 0 fully saturated rings. The van der Waals surface area contributed by atoms with E-state index in [1.807, 2.05) is 23.1 Å². The molecule has 3 heteroatoms. The second-order valence-electron chi connectivity index (χ2n) is 17.0. The number of thiophene rings is 1. The molecule has 4 aliphatic rings. The first kappa shape index (κ1) is 38.1. The van der Waals surface area contributed by atoms with Gasteiger partial charge in [0.1, 0.15) is 0 Å². The van der Waals surface area contributed by atoms with Crippen LogP contribution in [0.5, 0.6) is 0 Å². The lowest BCUT2D eigenvalue weighted by molar-refractivity contribution is 0.849. The Morgan fingerprint density at radius 3 is 1.92 bits per heavy atom. The monoisotopic (exact) mass is 843 g/mol. The van der Waals surface area contributed by atoms with Crippen molar-refractivity contribution < 1.29 is 0 Å². The first-order valence-electron chi connectivity index (χ1n) is 22.2. The summed E-state index contributed by atoms with van der Waals surface area (Å²) in [5, 5.41) is 3.07. The minimum Gasteiger partial charge on any atom is -0.311 e. The Labute approximate surface area is 378 Å². The number of benzene rings is 7. The molecule has 0 saturated carbocycles. The van der Waals surface area contributed by atoms with E-state index < -0.39 is 0 Å².